The zero-order valence-electron chi connectivity index (χ0n) is 8.68. The second-order valence-corrected chi connectivity index (χ2v) is 3.27. The molecule has 0 aliphatic heterocycles. The quantitative estimate of drug-likeness (QED) is 0.716. The number of para-hydroxylation sites is 2. The summed E-state index contributed by atoms with van der Waals surface area (Å²) in [6.45, 7) is 0. The predicted octanol–water partition coefficient (Wildman–Crippen LogP) is 3.28. The summed E-state index contributed by atoms with van der Waals surface area (Å²) in [6, 6.07) is 7.78. The predicted molar refractivity (Wildman–Crippen MR) is 63.0 cm³/mol. The van der Waals surface area contributed by atoms with Crippen LogP contribution in [0.2, 0.25) is 0 Å². The van der Waals surface area contributed by atoms with Crippen molar-refractivity contribution in [2.75, 3.05) is 7.11 Å². The summed E-state index contributed by atoms with van der Waals surface area (Å²) in [5, 5.41) is 0. The number of benzene rings is 1. The average Bonchev–Trinajstić information content (AvgIpc) is 2.31. The highest BCUT2D eigenvalue weighted by Gasteiger charge is 2.01. The van der Waals surface area contributed by atoms with Gasteiger partial charge in [0.1, 0.15) is 11.4 Å². The SMILES string of the molecule is COc1ccccc1N=C1C=CC=CC1. The van der Waals surface area contributed by atoms with Gasteiger partial charge in [0.05, 0.1) is 7.11 Å². The van der Waals surface area contributed by atoms with Crippen LogP contribution in [0.15, 0.2) is 53.6 Å². The Morgan fingerprint density at radius 1 is 1.20 bits per heavy atom. The minimum Gasteiger partial charge on any atom is -0.494 e. The summed E-state index contributed by atoms with van der Waals surface area (Å²) in [6.07, 6.45) is 9.02. The normalized spacial score (nSPS) is 17.0. The molecule has 1 aromatic rings. The van der Waals surface area contributed by atoms with E-state index < -0.39 is 0 Å². The molecule has 0 saturated heterocycles. The van der Waals surface area contributed by atoms with Gasteiger partial charge >= 0.3 is 0 Å². The molecule has 1 aromatic carbocycles. The number of ether oxygens (including phenoxy) is 1. The molecule has 0 N–H and O–H groups in total. The molecule has 0 unspecified atom stereocenters. The molecule has 1 aliphatic carbocycles. The molecule has 0 radical (unpaired) electrons. The smallest absolute Gasteiger partial charge is 0.144 e. The summed E-state index contributed by atoms with van der Waals surface area (Å²) in [5.74, 6) is 0.813. The summed E-state index contributed by atoms with van der Waals surface area (Å²) < 4.78 is 5.24. The third-order valence-corrected chi connectivity index (χ3v) is 2.21. The topological polar surface area (TPSA) is 21.6 Å². The van der Waals surface area contributed by atoms with Gasteiger partial charge in [-0.3, -0.25) is 0 Å². The third-order valence-electron chi connectivity index (χ3n) is 2.21. The maximum absolute atomic E-state index is 5.24. The molecule has 76 valence electrons. The maximum Gasteiger partial charge on any atom is 0.144 e. The van der Waals surface area contributed by atoms with Crippen molar-refractivity contribution in [3.8, 4) is 5.75 Å². The van der Waals surface area contributed by atoms with E-state index in [2.05, 4.69) is 11.1 Å². The minimum atomic E-state index is 0.813. The molecule has 0 atom stereocenters. The summed E-state index contributed by atoms with van der Waals surface area (Å²) in [7, 11) is 1.66. The van der Waals surface area contributed by atoms with Gasteiger partial charge in [-0.25, -0.2) is 4.99 Å². The van der Waals surface area contributed by atoms with E-state index in [0.717, 1.165) is 23.6 Å². The van der Waals surface area contributed by atoms with Crippen molar-refractivity contribution in [1.82, 2.24) is 0 Å². The van der Waals surface area contributed by atoms with E-state index in [4.69, 9.17) is 4.74 Å². The van der Waals surface area contributed by atoms with Gasteiger partial charge in [0, 0.05) is 12.1 Å². The highest BCUT2D eigenvalue weighted by molar-refractivity contribution is 5.99. The number of nitrogens with zero attached hydrogens (tertiary/aromatic N) is 1. The maximum atomic E-state index is 5.24. The first kappa shape index (κ1) is 9.71. The van der Waals surface area contributed by atoms with Gasteiger partial charge in [0.2, 0.25) is 0 Å². The molecule has 0 heterocycles. The largest absolute Gasteiger partial charge is 0.494 e. The lowest BCUT2D eigenvalue weighted by atomic mass is 10.1. The van der Waals surface area contributed by atoms with Gasteiger partial charge in [0.25, 0.3) is 0 Å². The van der Waals surface area contributed by atoms with E-state index in [1.54, 1.807) is 7.11 Å². The van der Waals surface area contributed by atoms with Crippen LogP contribution in [0, 0.1) is 0 Å². The molecule has 15 heavy (non-hydrogen) atoms. The zero-order chi connectivity index (χ0) is 10.5. The van der Waals surface area contributed by atoms with Crippen molar-refractivity contribution in [3.05, 3.63) is 48.6 Å². The van der Waals surface area contributed by atoms with Gasteiger partial charge in [0.15, 0.2) is 0 Å². The van der Waals surface area contributed by atoms with Crippen molar-refractivity contribution in [2.24, 2.45) is 4.99 Å². The van der Waals surface area contributed by atoms with Gasteiger partial charge < -0.3 is 4.74 Å². The van der Waals surface area contributed by atoms with Gasteiger partial charge in [-0.2, -0.15) is 0 Å². The van der Waals surface area contributed by atoms with Crippen LogP contribution in [0.5, 0.6) is 5.75 Å². The van der Waals surface area contributed by atoms with Crippen LogP contribution in [0.25, 0.3) is 0 Å². The molecular weight excluding hydrogens is 186 g/mol. The molecule has 0 aromatic heterocycles. The second-order valence-electron chi connectivity index (χ2n) is 3.27. The summed E-state index contributed by atoms with van der Waals surface area (Å²) in [4.78, 5) is 4.54. The lowest BCUT2D eigenvalue weighted by Crippen LogP contribution is -1.94. The van der Waals surface area contributed by atoms with Crippen LogP contribution in [0.3, 0.4) is 0 Å². The highest BCUT2D eigenvalue weighted by Crippen LogP contribution is 2.27. The van der Waals surface area contributed by atoms with Crippen molar-refractivity contribution in [2.45, 2.75) is 6.42 Å². The molecule has 2 heteroatoms. The fraction of sp³-hybridized carbons (Fsp3) is 0.154. The zero-order valence-corrected chi connectivity index (χ0v) is 8.68. The standard InChI is InChI=1S/C13H13NO/c1-15-13-10-6-5-9-12(13)14-11-7-3-2-4-8-11/h2-7,9-10H,8H2,1H3. The van der Waals surface area contributed by atoms with Crippen molar-refractivity contribution >= 4 is 11.4 Å². The molecular formula is C13H13NO. The number of aliphatic imine (C=N–C) groups is 1. The number of hydrogen-bond donors (Lipinski definition) is 0. The monoisotopic (exact) mass is 199 g/mol. The Morgan fingerprint density at radius 3 is 2.80 bits per heavy atom. The van der Waals surface area contributed by atoms with E-state index in [1.165, 1.54) is 0 Å². The first-order valence-corrected chi connectivity index (χ1v) is 4.94. The van der Waals surface area contributed by atoms with E-state index in [-0.39, 0.29) is 0 Å². The van der Waals surface area contributed by atoms with Crippen molar-refractivity contribution < 1.29 is 4.74 Å². The van der Waals surface area contributed by atoms with Crippen LogP contribution in [0.4, 0.5) is 5.69 Å². The summed E-state index contributed by atoms with van der Waals surface area (Å²) >= 11 is 0. The second kappa shape index (κ2) is 4.60. The fourth-order valence-electron chi connectivity index (χ4n) is 1.46. The summed E-state index contributed by atoms with van der Waals surface area (Å²) in [5.41, 5.74) is 1.94. The van der Waals surface area contributed by atoms with E-state index >= 15 is 0 Å². The Labute approximate surface area is 89.6 Å². The number of methoxy groups -OCH3 is 1. The van der Waals surface area contributed by atoms with E-state index in [9.17, 15) is 0 Å². The minimum absolute atomic E-state index is 0.813. The average molecular weight is 199 g/mol. The van der Waals surface area contributed by atoms with Crippen LogP contribution < -0.4 is 4.74 Å². The van der Waals surface area contributed by atoms with Gasteiger partial charge in [-0.15, -0.1) is 0 Å². The van der Waals surface area contributed by atoms with Crippen molar-refractivity contribution in [1.29, 1.82) is 0 Å². The Kier molecular flexibility index (Phi) is 2.98. The van der Waals surface area contributed by atoms with Crippen LogP contribution in [-0.2, 0) is 0 Å². The van der Waals surface area contributed by atoms with Crippen molar-refractivity contribution in [3.63, 3.8) is 0 Å². The first-order chi connectivity index (χ1) is 7.40. The first-order valence-electron chi connectivity index (χ1n) is 4.94. The van der Waals surface area contributed by atoms with Gasteiger partial charge in [-0.1, -0.05) is 30.4 Å². The third kappa shape index (κ3) is 2.34. The Morgan fingerprint density at radius 2 is 2.07 bits per heavy atom. The number of rotatable bonds is 2. The van der Waals surface area contributed by atoms with E-state index in [1.807, 2.05) is 42.5 Å². The van der Waals surface area contributed by atoms with Gasteiger partial charge in [-0.05, 0) is 18.2 Å². The molecule has 0 bridgehead atoms. The van der Waals surface area contributed by atoms with E-state index in [0.29, 0.717) is 0 Å². The molecule has 0 saturated carbocycles. The van der Waals surface area contributed by atoms with Crippen LogP contribution in [0.1, 0.15) is 6.42 Å². The highest BCUT2D eigenvalue weighted by atomic mass is 16.5. The fourth-order valence-corrected chi connectivity index (χ4v) is 1.46. The van der Waals surface area contributed by atoms with Crippen LogP contribution in [-0.4, -0.2) is 12.8 Å². The molecule has 0 spiro atoms. The van der Waals surface area contributed by atoms with Crippen LogP contribution >= 0.6 is 0 Å². The molecule has 0 amide bonds. The molecule has 1 aliphatic rings. The Hall–Kier alpha value is -1.83. The number of hydrogen-bond acceptors (Lipinski definition) is 2. The lowest BCUT2D eigenvalue weighted by molar-refractivity contribution is 0.416. The molecule has 2 rings (SSSR count). The Bertz CT molecular complexity index is 430. The number of allylic oxidation sites excluding steroid dienone is 4. The molecule has 2 nitrogen and oxygen atoms in total. The Balaban J connectivity index is 2.30. The lowest BCUT2D eigenvalue weighted by Gasteiger charge is -2.05. The molecule has 0 fully saturated rings.